The Balaban J connectivity index is 2.28. The maximum Gasteiger partial charge on any atom is 0.256 e. The summed E-state index contributed by atoms with van der Waals surface area (Å²) in [7, 11) is 0. The van der Waals surface area contributed by atoms with Gasteiger partial charge in [-0.2, -0.15) is 0 Å². The molecule has 3 rings (SSSR count). The van der Waals surface area contributed by atoms with Gasteiger partial charge in [0.05, 0.1) is 11.9 Å². The number of hydrogen-bond acceptors (Lipinski definition) is 3. The van der Waals surface area contributed by atoms with E-state index in [9.17, 15) is 4.79 Å². The van der Waals surface area contributed by atoms with Crippen molar-refractivity contribution < 1.29 is 0 Å². The van der Waals surface area contributed by atoms with Crippen LogP contribution in [0.4, 0.5) is 0 Å². The molecule has 0 aliphatic rings. The average molecular weight is 251 g/mol. The Bertz CT molecular complexity index is 775. The van der Waals surface area contributed by atoms with Crippen LogP contribution in [0.25, 0.3) is 16.7 Å². The molecule has 0 atom stereocenters. The zero-order valence-electron chi connectivity index (χ0n) is 10.6. The van der Waals surface area contributed by atoms with Crippen LogP contribution in [0.1, 0.15) is 12.6 Å². The maximum absolute atomic E-state index is 12.1. The Labute approximate surface area is 110 Å². The molecular formula is C15H13N3O. The zero-order chi connectivity index (χ0) is 13.2. The molecule has 19 heavy (non-hydrogen) atoms. The number of nitrogens with zero attached hydrogens (tertiary/aromatic N) is 3. The fraction of sp³-hybridized carbons (Fsp3) is 0.133. The molecule has 4 heteroatoms. The average Bonchev–Trinajstić information content (AvgIpc) is 2.47. The van der Waals surface area contributed by atoms with Gasteiger partial charge in [0.1, 0.15) is 5.65 Å². The Hall–Kier alpha value is -2.49. The predicted octanol–water partition coefficient (Wildman–Crippen LogP) is 2.34. The quantitative estimate of drug-likeness (QED) is 0.702. The Morgan fingerprint density at radius 2 is 2.00 bits per heavy atom. The van der Waals surface area contributed by atoms with E-state index in [0.29, 0.717) is 5.65 Å². The van der Waals surface area contributed by atoms with Crippen molar-refractivity contribution in [3.63, 3.8) is 0 Å². The van der Waals surface area contributed by atoms with Gasteiger partial charge in [0.15, 0.2) is 0 Å². The van der Waals surface area contributed by atoms with Crippen LogP contribution in [0.2, 0.25) is 0 Å². The number of pyridine rings is 3. The van der Waals surface area contributed by atoms with Gasteiger partial charge in [0, 0.05) is 23.3 Å². The molecule has 0 amide bonds. The van der Waals surface area contributed by atoms with Crippen molar-refractivity contribution in [3.8, 4) is 5.69 Å². The molecule has 0 radical (unpaired) electrons. The first-order valence-corrected chi connectivity index (χ1v) is 6.21. The van der Waals surface area contributed by atoms with Crippen LogP contribution in [-0.4, -0.2) is 14.5 Å². The van der Waals surface area contributed by atoms with Crippen molar-refractivity contribution in [2.75, 3.05) is 0 Å². The van der Waals surface area contributed by atoms with E-state index < -0.39 is 0 Å². The summed E-state index contributed by atoms with van der Waals surface area (Å²) in [6.07, 6.45) is 4.28. The van der Waals surface area contributed by atoms with Crippen molar-refractivity contribution in [3.05, 3.63) is 64.8 Å². The first-order valence-electron chi connectivity index (χ1n) is 6.21. The molecule has 3 aromatic rings. The second-order valence-electron chi connectivity index (χ2n) is 4.28. The van der Waals surface area contributed by atoms with E-state index in [1.54, 1.807) is 29.1 Å². The number of aromatic nitrogens is 3. The van der Waals surface area contributed by atoms with Crippen LogP contribution in [-0.2, 0) is 6.42 Å². The van der Waals surface area contributed by atoms with E-state index in [4.69, 9.17) is 0 Å². The minimum atomic E-state index is -0.0998. The van der Waals surface area contributed by atoms with Crippen molar-refractivity contribution in [1.29, 1.82) is 0 Å². The second-order valence-corrected chi connectivity index (χ2v) is 4.28. The van der Waals surface area contributed by atoms with E-state index in [2.05, 4.69) is 9.97 Å². The van der Waals surface area contributed by atoms with E-state index >= 15 is 0 Å². The lowest BCUT2D eigenvalue weighted by atomic mass is 10.2. The fourth-order valence-corrected chi connectivity index (χ4v) is 2.07. The third kappa shape index (κ3) is 2.01. The van der Waals surface area contributed by atoms with E-state index in [0.717, 1.165) is 23.2 Å². The van der Waals surface area contributed by atoms with Crippen molar-refractivity contribution in [2.24, 2.45) is 0 Å². The number of aryl methyl sites for hydroxylation is 1. The molecule has 0 saturated heterocycles. The van der Waals surface area contributed by atoms with Crippen LogP contribution >= 0.6 is 0 Å². The van der Waals surface area contributed by atoms with Crippen molar-refractivity contribution in [1.82, 2.24) is 14.5 Å². The van der Waals surface area contributed by atoms with E-state index in [-0.39, 0.29) is 5.56 Å². The molecule has 0 spiro atoms. The second kappa shape index (κ2) is 4.65. The third-order valence-corrected chi connectivity index (χ3v) is 3.08. The number of fused-ring (bicyclic) bond motifs is 1. The van der Waals surface area contributed by atoms with Gasteiger partial charge in [-0.05, 0) is 36.8 Å². The van der Waals surface area contributed by atoms with Crippen LogP contribution in [0.3, 0.4) is 0 Å². The summed E-state index contributed by atoms with van der Waals surface area (Å²) < 4.78 is 1.59. The zero-order valence-corrected chi connectivity index (χ0v) is 10.6. The summed E-state index contributed by atoms with van der Waals surface area (Å²) >= 11 is 0. The predicted molar refractivity (Wildman–Crippen MR) is 74.5 cm³/mol. The van der Waals surface area contributed by atoms with Crippen LogP contribution in [0, 0.1) is 0 Å². The Morgan fingerprint density at radius 1 is 1.11 bits per heavy atom. The molecule has 0 fully saturated rings. The summed E-state index contributed by atoms with van der Waals surface area (Å²) in [5.41, 5.74) is 2.30. The highest BCUT2D eigenvalue weighted by atomic mass is 16.1. The monoisotopic (exact) mass is 251 g/mol. The van der Waals surface area contributed by atoms with Crippen LogP contribution < -0.4 is 5.56 Å². The Kier molecular flexibility index (Phi) is 2.83. The largest absolute Gasteiger partial charge is 0.269 e. The lowest BCUT2D eigenvalue weighted by Gasteiger charge is -2.08. The lowest BCUT2D eigenvalue weighted by Crippen LogP contribution is -2.18. The molecule has 0 N–H and O–H groups in total. The smallest absolute Gasteiger partial charge is 0.256 e. The number of hydrogen-bond donors (Lipinski definition) is 0. The summed E-state index contributed by atoms with van der Waals surface area (Å²) in [5.74, 6) is 0. The summed E-state index contributed by atoms with van der Waals surface area (Å²) in [5, 5.41) is 0.932. The fourth-order valence-electron chi connectivity index (χ4n) is 2.07. The molecular weight excluding hydrogens is 238 g/mol. The standard InChI is InChI=1S/C15H13N3O/c1-2-12-6-7-13(10-17-12)18-14(19)8-5-11-4-3-9-16-15(11)18/h3-10H,2H2,1H3. The third-order valence-electron chi connectivity index (χ3n) is 3.08. The SMILES string of the molecule is CCc1ccc(-n2c(=O)ccc3cccnc32)cn1. The van der Waals surface area contributed by atoms with Crippen LogP contribution in [0.15, 0.2) is 53.6 Å². The topological polar surface area (TPSA) is 47.8 Å². The summed E-state index contributed by atoms with van der Waals surface area (Å²) in [4.78, 5) is 20.7. The molecule has 94 valence electrons. The van der Waals surface area contributed by atoms with Crippen LogP contribution in [0.5, 0.6) is 0 Å². The molecule has 0 aliphatic carbocycles. The van der Waals surface area contributed by atoms with Gasteiger partial charge in [0.2, 0.25) is 0 Å². The van der Waals surface area contributed by atoms with Crippen molar-refractivity contribution >= 4 is 11.0 Å². The molecule has 3 aromatic heterocycles. The molecule has 0 bridgehead atoms. The minimum absolute atomic E-state index is 0.0998. The summed E-state index contributed by atoms with van der Waals surface area (Å²) in [6.45, 7) is 2.05. The highest BCUT2D eigenvalue weighted by Crippen LogP contribution is 2.13. The maximum atomic E-state index is 12.1. The van der Waals surface area contributed by atoms with Gasteiger partial charge in [-0.15, -0.1) is 0 Å². The van der Waals surface area contributed by atoms with Gasteiger partial charge < -0.3 is 0 Å². The van der Waals surface area contributed by atoms with Gasteiger partial charge in [-0.1, -0.05) is 6.92 Å². The first kappa shape index (κ1) is 11.6. The van der Waals surface area contributed by atoms with E-state index in [1.807, 2.05) is 31.2 Å². The normalized spacial score (nSPS) is 10.8. The molecule has 0 unspecified atom stereocenters. The van der Waals surface area contributed by atoms with Crippen molar-refractivity contribution in [2.45, 2.75) is 13.3 Å². The first-order chi connectivity index (χ1) is 9.29. The molecule has 0 aliphatic heterocycles. The van der Waals surface area contributed by atoms with Gasteiger partial charge in [-0.3, -0.25) is 14.3 Å². The van der Waals surface area contributed by atoms with Gasteiger partial charge in [0.25, 0.3) is 5.56 Å². The molecule has 3 heterocycles. The molecule has 4 nitrogen and oxygen atoms in total. The summed E-state index contributed by atoms with van der Waals surface area (Å²) in [6, 6.07) is 11.0. The van der Waals surface area contributed by atoms with E-state index in [1.165, 1.54) is 0 Å². The van der Waals surface area contributed by atoms with Gasteiger partial charge >= 0.3 is 0 Å². The minimum Gasteiger partial charge on any atom is -0.269 e. The Morgan fingerprint density at radius 3 is 2.74 bits per heavy atom. The lowest BCUT2D eigenvalue weighted by molar-refractivity contribution is 0.973. The molecule has 0 aromatic carbocycles. The molecule has 0 saturated carbocycles. The number of rotatable bonds is 2. The highest BCUT2D eigenvalue weighted by Gasteiger charge is 2.06. The highest BCUT2D eigenvalue weighted by molar-refractivity contribution is 5.76. The van der Waals surface area contributed by atoms with Gasteiger partial charge in [-0.25, -0.2) is 4.98 Å².